The molecule has 0 aliphatic carbocycles. The number of aromatic nitrogens is 2. The number of likely N-dealkylation sites (N-methyl/N-ethyl adjacent to an activating group) is 1. The van der Waals surface area contributed by atoms with Gasteiger partial charge in [-0.1, -0.05) is 0 Å². The summed E-state index contributed by atoms with van der Waals surface area (Å²) < 4.78 is 27.4. The Hall–Kier alpha value is -0.960. The number of nitrogens with zero attached hydrogens (tertiary/aromatic N) is 2. The lowest BCUT2D eigenvalue weighted by Gasteiger charge is -2.29. The number of nitrogens with one attached hydrogen (secondary N) is 2. The van der Waals surface area contributed by atoms with Crippen molar-refractivity contribution < 1.29 is 13.5 Å². The summed E-state index contributed by atoms with van der Waals surface area (Å²) in [7, 11) is -1.67. The van der Waals surface area contributed by atoms with Crippen molar-refractivity contribution in [3.63, 3.8) is 0 Å². The van der Waals surface area contributed by atoms with Crippen LogP contribution in [0.1, 0.15) is 24.2 Å². The number of likely N-dealkylation sites (tertiary alicyclic amines) is 1. The van der Waals surface area contributed by atoms with Gasteiger partial charge in [-0.3, -0.25) is 5.10 Å². The number of piperidine rings is 1. The molecule has 2 rings (SSSR count). The van der Waals surface area contributed by atoms with Gasteiger partial charge in [-0.2, -0.15) is 5.10 Å². The summed E-state index contributed by atoms with van der Waals surface area (Å²) in [6.45, 7) is 2.92. The highest BCUT2D eigenvalue weighted by Crippen LogP contribution is 2.19. The molecule has 8 heteroatoms. The first-order valence-electron chi connectivity index (χ1n) is 6.29. The van der Waals surface area contributed by atoms with E-state index in [0.717, 1.165) is 19.4 Å². The molecule has 3 N–H and O–H groups in total. The lowest BCUT2D eigenvalue weighted by atomic mass is 10.1. The highest BCUT2D eigenvalue weighted by atomic mass is 32.2. The van der Waals surface area contributed by atoms with Crippen molar-refractivity contribution in [2.45, 2.75) is 37.3 Å². The van der Waals surface area contributed by atoms with Crippen LogP contribution in [0.3, 0.4) is 0 Å². The van der Waals surface area contributed by atoms with E-state index in [-0.39, 0.29) is 16.6 Å². The average Bonchev–Trinajstić information content (AvgIpc) is 2.70. The van der Waals surface area contributed by atoms with Crippen LogP contribution in [0.5, 0.6) is 0 Å². The summed E-state index contributed by atoms with van der Waals surface area (Å²) in [6, 6.07) is -0.0930. The fourth-order valence-corrected chi connectivity index (χ4v) is 4.09. The van der Waals surface area contributed by atoms with Crippen molar-refractivity contribution in [1.29, 1.82) is 0 Å². The Balaban J connectivity index is 2.20. The molecule has 19 heavy (non-hydrogen) atoms. The molecule has 1 fully saturated rings. The smallest absolute Gasteiger partial charge is 0.244 e. The Morgan fingerprint density at radius 2 is 2.32 bits per heavy atom. The molecule has 1 aromatic heterocycles. The molecule has 1 aromatic rings. The number of aliphatic hydroxyl groups is 1. The van der Waals surface area contributed by atoms with Gasteiger partial charge in [0.05, 0.1) is 12.3 Å². The zero-order valence-electron chi connectivity index (χ0n) is 11.2. The second kappa shape index (κ2) is 5.58. The highest BCUT2D eigenvalue weighted by Gasteiger charge is 2.28. The molecule has 0 aromatic carbocycles. The second-order valence-electron chi connectivity index (χ2n) is 5.01. The summed E-state index contributed by atoms with van der Waals surface area (Å²) in [4.78, 5) is 2.18. The SMILES string of the molecule is Cc1[nH]nc(CO)c1S(=O)(=O)NC1CCCN(C)C1. The molecule has 1 aliphatic rings. The molecule has 1 aliphatic heterocycles. The first-order chi connectivity index (χ1) is 8.94. The van der Waals surface area contributed by atoms with Crippen molar-refractivity contribution in [2.75, 3.05) is 20.1 Å². The second-order valence-corrected chi connectivity index (χ2v) is 6.66. The Morgan fingerprint density at radius 1 is 1.58 bits per heavy atom. The maximum absolute atomic E-state index is 12.4. The van der Waals surface area contributed by atoms with Crippen LogP contribution in [-0.4, -0.2) is 54.8 Å². The summed E-state index contributed by atoms with van der Waals surface area (Å²) in [6.07, 6.45) is 1.80. The predicted octanol–water partition coefficient (Wildman–Crippen LogP) is -0.417. The van der Waals surface area contributed by atoms with Crippen molar-refractivity contribution in [2.24, 2.45) is 0 Å². The molecular formula is C11H20N4O3S. The fourth-order valence-electron chi connectivity index (χ4n) is 2.47. The molecule has 108 valence electrons. The molecule has 0 radical (unpaired) electrons. The van der Waals surface area contributed by atoms with Crippen molar-refractivity contribution in [1.82, 2.24) is 19.8 Å². The van der Waals surface area contributed by atoms with Crippen molar-refractivity contribution >= 4 is 10.0 Å². The number of sulfonamides is 1. The molecule has 1 saturated heterocycles. The quantitative estimate of drug-likeness (QED) is 0.699. The molecule has 1 unspecified atom stereocenters. The van der Waals surface area contributed by atoms with Crippen LogP contribution >= 0.6 is 0 Å². The first-order valence-corrected chi connectivity index (χ1v) is 7.78. The third kappa shape index (κ3) is 3.14. The highest BCUT2D eigenvalue weighted by molar-refractivity contribution is 7.89. The van der Waals surface area contributed by atoms with E-state index < -0.39 is 16.6 Å². The van der Waals surface area contributed by atoms with Gasteiger partial charge < -0.3 is 10.0 Å². The number of rotatable bonds is 4. The Morgan fingerprint density at radius 3 is 2.95 bits per heavy atom. The number of aliphatic hydroxyl groups excluding tert-OH is 1. The van der Waals surface area contributed by atoms with Crippen LogP contribution in [0.15, 0.2) is 4.90 Å². The topological polar surface area (TPSA) is 98.3 Å². The summed E-state index contributed by atoms with van der Waals surface area (Å²) >= 11 is 0. The molecular weight excluding hydrogens is 268 g/mol. The molecule has 7 nitrogen and oxygen atoms in total. The molecule has 0 spiro atoms. The van der Waals surface area contributed by atoms with Gasteiger partial charge in [-0.15, -0.1) is 0 Å². The van der Waals surface area contributed by atoms with E-state index in [4.69, 9.17) is 5.11 Å². The van der Waals surface area contributed by atoms with Crippen LogP contribution in [-0.2, 0) is 16.6 Å². The van der Waals surface area contributed by atoms with Crippen LogP contribution in [0.2, 0.25) is 0 Å². The standard InChI is InChI=1S/C11H20N4O3S/c1-8-11(10(7-16)13-12-8)19(17,18)14-9-4-3-5-15(2)6-9/h9,14,16H,3-7H2,1-2H3,(H,12,13). The summed E-state index contributed by atoms with van der Waals surface area (Å²) in [5, 5.41) is 15.6. The third-order valence-electron chi connectivity index (χ3n) is 3.33. The Labute approximate surface area is 113 Å². The number of hydrogen-bond acceptors (Lipinski definition) is 5. The average molecular weight is 288 g/mol. The zero-order valence-corrected chi connectivity index (χ0v) is 12.0. The van der Waals surface area contributed by atoms with Crippen molar-refractivity contribution in [3.05, 3.63) is 11.4 Å². The van der Waals surface area contributed by atoms with E-state index in [1.54, 1.807) is 6.92 Å². The summed E-state index contributed by atoms with van der Waals surface area (Å²) in [5.41, 5.74) is 0.606. The minimum absolute atomic E-state index is 0.0724. The molecule has 1 atom stereocenters. The molecule has 0 amide bonds. The van der Waals surface area contributed by atoms with E-state index in [9.17, 15) is 8.42 Å². The number of hydrogen-bond donors (Lipinski definition) is 3. The van der Waals surface area contributed by atoms with Gasteiger partial charge in [0.15, 0.2) is 0 Å². The van der Waals surface area contributed by atoms with Gasteiger partial charge >= 0.3 is 0 Å². The third-order valence-corrected chi connectivity index (χ3v) is 5.05. The number of H-pyrrole nitrogens is 1. The maximum Gasteiger partial charge on any atom is 0.244 e. The Kier molecular flexibility index (Phi) is 4.24. The molecule has 0 bridgehead atoms. The van der Waals surface area contributed by atoms with Crippen LogP contribution < -0.4 is 4.72 Å². The first kappa shape index (κ1) is 14.4. The largest absolute Gasteiger partial charge is 0.390 e. The Bertz CT molecular complexity index is 540. The lowest BCUT2D eigenvalue weighted by molar-refractivity contribution is 0.242. The van der Waals surface area contributed by atoms with Crippen molar-refractivity contribution in [3.8, 4) is 0 Å². The van der Waals surface area contributed by atoms with Crippen LogP contribution in [0.4, 0.5) is 0 Å². The van der Waals surface area contributed by atoms with Crippen LogP contribution in [0, 0.1) is 6.92 Å². The van der Waals surface area contributed by atoms with Gasteiger partial charge in [-0.05, 0) is 33.4 Å². The summed E-state index contributed by atoms with van der Waals surface area (Å²) in [5.74, 6) is 0. The minimum atomic E-state index is -3.64. The normalized spacial score (nSPS) is 21.7. The van der Waals surface area contributed by atoms with E-state index in [1.165, 1.54) is 0 Å². The maximum atomic E-state index is 12.4. The van der Waals surface area contributed by atoms with Gasteiger partial charge in [0.2, 0.25) is 10.0 Å². The predicted molar refractivity (Wildman–Crippen MR) is 70.1 cm³/mol. The minimum Gasteiger partial charge on any atom is -0.390 e. The number of aryl methyl sites for hydroxylation is 1. The zero-order chi connectivity index (χ0) is 14.0. The van der Waals surface area contributed by atoms with Gasteiger partial charge in [-0.25, -0.2) is 13.1 Å². The monoisotopic (exact) mass is 288 g/mol. The number of aromatic amines is 1. The van der Waals surface area contributed by atoms with Crippen LogP contribution in [0.25, 0.3) is 0 Å². The fraction of sp³-hybridized carbons (Fsp3) is 0.727. The van der Waals surface area contributed by atoms with Gasteiger partial charge in [0.25, 0.3) is 0 Å². The lowest BCUT2D eigenvalue weighted by Crippen LogP contribution is -2.46. The van der Waals surface area contributed by atoms with E-state index >= 15 is 0 Å². The van der Waals surface area contributed by atoms with Gasteiger partial charge in [0, 0.05) is 12.6 Å². The molecule has 2 heterocycles. The van der Waals surface area contributed by atoms with E-state index in [1.807, 2.05) is 7.05 Å². The van der Waals surface area contributed by atoms with Gasteiger partial charge in [0.1, 0.15) is 10.6 Å². The van der Waals surface area contributed by atoms with E-state index in [2.05, 4.69) is 19.8 Å². The van der Waals surface area contributed by atoms with E-state index in [0.29, 0.717) is 12.2 Å². The molecule has 0 saturated carbocycles.